The second-order valence-corrected chi connectivity index (χ2v) is 8.95. The minimum atomic E-state index is -3.84. The summed E-state index contributed by atoms with van der Waals surface area (Å²) >= 11 is 0. The van der Waals surface area contributed by atoms with Crippen molar-refractivity contribution in [1.29, 1.82) is 0 Å². The second-order valence-electron chi connectivity index (χ2n) is 7.39. The Morgan fingerprint density at radius 1 is 1.11 bits per heavy atom. The third-order valence-corrected chi connectivity index (χ3v) is 6.70. The molecule has 1 amide bonds. The van der Waals surface area contributed by atoms with Crippen molar-refractivity contribution in [2.45, 2.75) is 30.1 Å². The number of carbonyl (C=O) groups is 1. The highest BCUT2D eigenvalue weighted by atomic mass is 32.2. The van der Waals surface area contributed by atoms with E-state index in [4.69, 9.17) is 5.14 Å². The van der Waals surface area contributed by atoms with Crippen molar-refractivity contribution < 1.29 is 13.2 Å². The third-order valence-electron chi connectivity index (χ3n) is 5.79. The van der Waals surface area contributed by atoms with Gasteiger partial charge in [0.2, 0.25) is 10.0 Å². The molecule has 2 aromatic rings. The van der Waals surface area contributed by atoms with Crippen molar-refractivity contribution in [3.8, 4) is 0 Å². The van der Waals surface area contributed by atoms with Crippen LogP contribution >= 0.6 is 0 Å². The number of likely N-dealkylation sites (tertiary alicyclic amines) is 1. The molecule has 27 heavy (non-hydrogen) atoms. The fourth-order valence-corrected chi connectivity index (χ4v) is 4.70. The first-order chi connectivity index (χ1) is 12.8. The number of aryl methyl sites for hydroxylation is 1. The van der Waals surface area contributed by atoms with Gasteiger partial charge in [0.15, 0.2) is 0 Å². The number of nitrogens with two attached hydrogens (primary N) is 1. The molecule has 1 aliphatic carbocycles. The summed E-state index contributed by atoms with van der Waals surface area (Å²) in [6.45, 7) is 3.08. The maximum absolute atomic E-state index is 13.0. The maximum atomic E-state index is 13.0. The molecule has 0 aromatic heterocycles. The minimum absolute atomic E-state index is 0.00483. The van der Waals surface area contributed by atoms with Crippen molar-refractivity contribution in [2.24, 2.45) is 5.14 Å². The molecule has 0 saturated carbocycles. The summed E-state index contributed by atoms with van der Waals surface area (Å²) < 4.78 is 23.3. The van der Waals surface area contributed by atoms with Crippen LogP contribution in [0.2, 0.25) is 0 Å². The molecule has 2 aliphatic rings. The van der Waals surface area contributed by atoms with Crippen LogP contribution in [0.4, 0.5) is 0 Å². The van der Waals surface area contributed by atoms with Crippen molar-refractivity contribution in [1.82, 2.24) is 4.90 Å². The Morgan fingerprint density at radius 3 is 2.52 bits per heavy atom. The van der Waals surface area contributed by atoms with Gasteiger partial charge < -0.3 is 4.90 Å². The zero-order valence-corrected chi connectivity index (χ0v) is 16.0. The summed E-state index contributed by atoms with van der Waals surface area (Å²) in [6.07, 6.45) is 6.17. The van der Waals surface area contributed by atoms with Crippen LogP contribution in [0, 0.1) is 6.92 Å². The normalized spacial score (nSPS) is 17.9. The fraction of sp³-hybridized carbons (Fsp3) is 0.286. The number of hydrogen-bond acceptors (Lipinski definition) is 3. The summed E-state index contributed by atoms with van der Waals surface area (Å²) in [5.41, 5.74) is 3.75. The van der Waals surface area contributed by atoms with Crippen LogP contribution in [0.5, 0.6) is 0 Å². The summed E-state index contributed by atoms with van der Waals surface area (Å²) in [5.74, 6) is -0.136. The summed E-state index contributed by atoms with van der Waals surface area (Å²) in [6, 6.07) is 12.9. The highest BCUT2D eigenvalue weighted by Crippen LogP contribution is 2.43. The molecule has 2 N–H and O–H groups in total. The predicted octanol–water partition coefficient (Wildman–Crippen LogP) is 2.84. The molecule has 1 heterocycles. The molecular weight excluding hydrogens is 360 g/mol. The molecule has 0 atom stereocenters. The zero-order chi connectivity index (χ0) is 19.2. The Balaban J connectivity index is 1.56. The Bertz CT molecular complexity index is 1050. The molecule has 0 unspecified atom stereocenters. The second kappa shape index (κ2) is 6.32. The van der Waals surface area contributed by atoms with E-state index in [9.17, 15) is 13.2 Å². The van der Waals surface area contributed by atoms with Crippen molar-refractivity contribution >= 4 is 22.0 Å². The minimum Gasteiger partial charge on any atom is -0.339 e. The number of nitrogens with zero attached hydrogens (tertiary/aromatic N) is 1. The number of benzene rings is 2. The molecule has 140 valence electrons. The van der Waals surface area contributed by atoms with E-state index in [0.717, 1.165) is 18.4 Å². The molecule has 0 bridgehead atoms. The number of hydrogen-bond donors (Lipinski definition) is 1. The van der Waals surface area contributed by atoms with Crippen LogP contribution < -0.4 is 5.14 Å². The largest absolute Gasteiger partial charge is 0.339 e. The van der Waals surface area contributed by atoms with Crippen LogP contribution in [0.25, 0.3) is 6.08 Å². The lowest BCUT2D eigenvalue weighted by atomic mass is 9.74. The van der Waals surface area contributed by atoms with E-state index in [-0.39, 0.29) is 16.2 Å². The topological polar surface area (TPSA) is 80.5 Å². The highest BCUT2D eigenvalue weighted by molar-refractivity contribution is 7.89. The van der Waals surface area contributed by atoms with Gasteiger partial charge in [0.25, 0.3) is 5.91 Å². The molecule has 2 aromatic carbocycles. The van der Waals surface area contributed by atoms with Crippen LogP contribution in [0.3, 0.4) is 0 Å². The SMILES string of the molecule is Cc1ccc(S(N)(=O)=O)cc1C(=O)N1CCC2(C=Cc3ccccc32)CC1. The fourth-order valence-electron chi connectivity index (χ4n) is 4.16. The van der Waals surface area contributed by atoms with Gasteiger partial charge in [-0.3, -0.25) is 4.79 Å². The van der Waals surface area contributed by atoms with Gasteiger partial charge in [0.1, 0.15) is 0 Å². The lowest BCUT2D eigenvalue weighted by molar-refractivity contribution is 0.0689. The van der Waals surface area contributed by atoms with Crippen LogP contribution in [-0.2, 0) is 15.4 Å². The zero-order valence-electron chi connectivity index (χ0n) is 15.2. The standard InChI is InChI=1S/C21H22N2O3S/c1-15-6-7-17(27(22,25)26)14-18(15)20(24)23-12-10-21(11-13-23)9-8-16-4-2-3-5-19(16)21/h2-9,14H,10-13H2,1H3,(H2,22,25,26). The molecular formula is C21H22N2O3S. The molecule has 4 rings (SSSR count). The van der Waals surface area contributed by atoms with E-state index < -0.39 is 10.0 Å². The number of carbonyl (C=O) groups excluding carboxylic acids is 1. The Hall–Kier alpha value is -2.44. The van der Waals surface area contributed by atoms with Gasteiger partial charge in [0.05, 0.1) is 4.90 Å². The first-order valence-electron chi connectivity index (χ1n) is 9.02. The first kappa shape index (κ1) is 17.9. The number of piperidine rings is 1. The van der Waals surface area contributed by atoms with E-state index in [2.05, 4.69) is 30.4 Å². The molecule has 0 radical (unpaired) electrons. The van der Waals surface area contributed by atoms with Gasteiger partial charge in [-0.2, -0.15) is 0 Å². The number of amides is 1. The lowest BCUT2D eigenvalue weighted by Crippen LogP contribution is -2.44. The van der Waals surface area contributed by atoms with Gasteiger partial charge in [-0.05, 0) is 48.6 Å². The number of allylic oxidation sites excluding steroid dienone is 1. The van der Waals surface area contributed by atoms with Crippen LogP contribution in [-0.4, -0.2) is 32.3 Å². The average Bonchev–Trinajstić information content (AvgIpc) is 3.00. The van der Waals surface area contributed by atoms with E-state index >= 15 is 0 Å². The lowest BCUT2D eigenvalue weighted by Gasteiger charge is -2.39. The first-order valence-corrected chi connectivity index (χ1v) is 10.6. The predicted molar refractivity (Wildman–Crippen MR) is 105 cm³/mol. The van der Waals surface area contributed by atoms with Crippen LogP contribution in [0.15, 0.2) is 53.4 Å². The Kier molecular flexibility index (Phi) is 4.20. The Morgan fingerprint density at radius 2 is 1.81 bits per heavy atom. The van der Waals surface area contributed by atoms with E-state index in [1.54, 1.807) is 6.07 Å². The number of primary sulfonamides is 1. The van der Waals surface area contributed by atoms with Gasteiger partial charge in [-0.25, -0.2) is 13.6 Å². The van der Waals surface area contributed by atoms with Gasteiger partial charge in [0, 0.05) is 24.1 Å². The molecule has 1 fully saturated rings. The molecule has 1 spiro atoms. The monoisotopic (exact) mass is 382 g/mol. The van der Waals surface area contributed by atoms with Crippen molar-refractivity contribution in [3.05, 3.63) is 70.8 Å². The maximum Gasteiger partial charge on any atom is 0.254 e. The van der Waals surface area contributed by atoms with E-state index in [1.807, 2.05) is 17.9 Å². The van der Waals surface area contributed by atoms with Crippen molar-refractivity contribution in [3.63, 3.8) is 0 Å². The van der Waals surface area contributed by atoms with Crippen molar-refractivity contribution in [2.75, 3.05) is 13.1 Å². The quantitative estimate of drug-likeness (QED) is 0.867. The summed E-state index contributed by atoms with van der Waals surface area (Å²) in [7, 11) is -3.84. The molecule has 6 heteroatoms. The number of sulfonamides is 1. The number of rotatable bonds is 2. The van der Waals surface area contributed by atoms with Gasteiger partial charge in [-0.15, -0.1) is 0 Å². The van der Waals surface area contributed by atoms with Gasteiger partial charge >= 0.3 is 0 Å². The third kappa shape index (κ3) is 3.09. The van der Waals surface area contributed by atoms with Gasteiger partial charge in [-0.1, -0.05) is 42.5 Å². The molecule has 1 aliphatic heterocycles. The Labute approximate surface area is 159 Å². The average molecular weight is 382 g/mol. The van der Waals surface area contributed by atoms with E-state index in [1.165, 1.54) is 23.3 Å². The molecule has 5 nitrogen and oxygen atoms in total. The number of fused-ring (bicyclic) bond motifs is 2. The molecule has 1 saturated heterocycles. The summed E-state index contributed by atoms with van der Waals surface area (Å²) in [5, 5.41) is 5.22. The highest BCUT2D eigenvalue weighted by Gasteiger charge is 2.39. The van der Waals surface area contributed by atoms with Crippen LogP contribution in [0.1, 0.15) is 39.9 Å². The smallest absolute Gasteiger partial charge is 0.254 e. The van der Waals surface area contributed by atoms with E-state index in [0.29, 0.717) is 18.7 Å². The summed E-state index contributed by atoms with van der Waals surface area (Å²) in [4.78, 5) is 14.8.